The van der Waals surface area contributed by atoms with Crippen LogP contribution in [0, 0.1) is 5.92 Å². The summed E-state index contributed by atoms with van der Waals surface area (Å²) in [7, 11) is 0. The Balaban J connectivity index is 1.77. The highest BCUT2D eigenvalue weighted by molar-refractivity contribution is 6.30. The van der Waals surface area contributed by atoms with Gasteiger partial charge in [0.15, 0.2) is 0 Å². The van der Waals surface area contributed by atoms with Gasteiger partial charge in [0, 0.05) is 16.8 Å². The Hall–Kier alpha value is -1.06. The number of halogens is 1. The Bertz CT molecular complexity index is 441. The minimum atomic E-state index is 0.00609. The number of hydrogen-bond donors (Lipinski definition) is 2. The zero-order valence-corrected chi connectivity index (χ0v) is 13.5. The van der Waals surface area contributed by atoms with Crippen LogP contribution in [0.25, 0.3) is 0 Å². The number of benzene rings is 1. The predicted octanol–water partition coefficient (Wildman–Crippen LogP) is 4.23. The highest BCUT2D eigenvalue weighted by Gasteiger charge is 2.22. The monoisotopic (exact) mass is 308 g/mol. The van der Waals surface area contributed by atoms with E-state index >= 15 is 0 Å². The first-order valence-corrected chi connectivity index (χ1v) is 8.35. The second-order valence-corrected chi connectivity index (χ2v) is 6.29. The Morgan fingerprint density at radius 3 is 2.52 bits per heavy atom. The normalized spacial score (nSPS) is 17.4. The molecule has 1 fully saturated rings. The number of anilines is 1. The second-order valence-electron chi connectivity index (χ2n) is 5.85. The van der Waals surface area contributed by atoms with E-state index in [0.717, 1.165) is 18.0 Å². The van der Waals surface area contributed by atoms with Crippen molar-refractivity contribution in [1.29, 1.82) is 0 Å². The molecule has 1 aliphatic carbocycles. The summed E-state index contributed by atoms with van der Waals surface area (Å²) in [6, 6.07) is 7.65. The second kappa shape index (κ2) is 8.40. The van der Waals surface area contributed by atoms with Crippen LogP contribution in [-0.2, 0) is 4.79 Å². The molecule has 0 radical (unpaired) electrons. The lowest BCUT2D eigenvalue weighted by molar-refractivity contribution is -0.115. The largest absolute Gasteiger partial charge is 0.325 e. The van der Waals surface area contributed by atoms with E-state index in [-0.39, 0.29) is 5.91 Å². The third kappa shape index (κ3) is 5.33. The number of hydrogen-bond acceptors (Lipinski definition) is 2. The third-order valence-corrected chi connectivity index (χ3v) is 4.56. The molecule has 0 saturated heterocycles. The van der Waals surface area contributed by atoms with E-state index in [0.29, 0.717) is 17.6 Å². The summed E-state index contributed by atoms with van der Waals surface area (Å²) < 4.78 is 0. The molecule has 1 saturated carbocycles. The lowest BCUT2D eigenvalue weighted by Crippen LogP contribution is -2.41. The van der Waals surface area contributed by atoms with Gasteiger partial charge < -0.3 is 10.6 Å². The molecule has 0 spiro atoms. The fourth-order valence-electron chi connectivity index (χ4n) is 3.14. The molecule has 1 atom stereocenters. The highest BCUT2D eigenvalue weighted by Crippen LogP contribution is 2.27. The van der Waals surface area contributed by atoms with Crippen LogP contribution in [-0.4, -0.2) is 18.5 Å². The first-order valence-electron chi connectivity index (χ1n) is 7.98. The van der Waals surface area contributed by atoms with Gasteiger partial charge in [0.05, 0.1) is 6.54 Å². The minimum Gasteiger partial charge on any atom is -0.325 e. The van der Waals surface area contributed by atoms with Crippen molar-refractivity contribution in [3.8, 4) is 0 Å². The van der Waals surface area contributed by atoms with E-state index in [1.54, 1.807) is 12.1 Å². The van der Waals surface area contributed by atoms with Gasteiger partial charge in [-0.25, -0.2) is 0 Å². The van der Waals surface area contributed by atoms with Crippen LogP contribution in [0.5, 0.6) is 0 Å². The predicted molar refractivity (Wildman–Crippen MR) is 88.7 cm³/mol. The molecule has 0 aliphatic heterocycles. The summed E-state index contributed by atoms with van der Waals surface area (Å²) in [6.45, 7) is 2.57. The van der Waals surface area contributed by atoms with Crippen molar-refractivity contribution in [3.05, 3.63) is 29.3 Å². The summed E-state index contributed by atoms with van der Waals surface area (Å²) in [6.07, 6.45) is 7.71. The molecule has 0 aromatic heterocycles. The lowest BCUT2D eigenvalue weighted by atomic mass is 9.83. The molecule has 2 N–H and O–H groups in total. The quantitative estimate of drug-likeness (QED) is 0.826. The lowest BCUT2D eigenvalue weighted by Gasteiger charge is -2.30. The fourth-order valence-corrected chi connectivity index (χ4v) is 3.27. The van der Waals surface area contributed by atoms with Gasteiger partial charge in [0.1, 0.15) is 0 Å². The van der Waals surface area contributed by atoms with Gasteiger partial charge in [-0.3, -0.25) is 4.79 Å². The van der Waals surface area contributed by atoms with Crippen molar-refractivity contribution in [3.63, 3.8) is 0 Å². The zero-order valence-electron chi connectivity index (χ0n) is 12.7. The summed E-state index contributed by atoms with van der Waals surface area (Å²) >= 11 is 5.83. The average Bonchev–Trinajstić information content (AvgIpc) is 2.51. The van der Waals surface area contributed by atoms with Crippen LogP contribution in [0.1, 0.15) is 45.4 Å². The van der Waals surface area contributed by atoms with Crippen molar-refractivity contribution in [2.45, 2.75) is 51.5 Å². The van der Waals surface area contributed by atoms with Gasteiger partial charge in [-0.15, -0.1) is 0 Å². The van der Waals surface area contributed by atoms with E-state index < -0.39 is 0 Å². The van der Waals surface area contributed by atoms with E-state index in [2.05, 4.69) is 17.6 Å². The third-order valence-electron chi connectivity index (χ3n) is 4.31. The number of carbonyl (C=O) groups excluding carboxylic acids is 1. The topological polar surface area (TPSA) is 41.1 Å². The van der Waals surface area contributed by atoms with Crippen LogP contribution in [0.15, 0.2) is 24.3 Å². The molecule has 1 aromatic rings. The van der Waals surface area contributed by atoms with E-state index in [1.807, 2.05) is 12.1 Å². The maximum atomic E-state index is 12.0. The first kappa shape index (κ1) is 16.3. The van der Waals surface area contributed by atoms with Crippen LogP contribution >= 0.6 is 11.6 Å². The highest BCUT2D eigenvalue weighted by atomic mass is 35.5. The molecule has 1 aromatic carbocycles. The minimum absolute atomic E-state index is 0.00609. The van der Waals surface area contributed by atoms with Crippen molar-refractivity contribution < 1.29 is 4.79 Å². The van der Waals surface area contributed by atoms with E-state index in [4.69, 9.17) is 11.6 Å². The number of rotatable bonds is 6. The molecule has 0 bridgehead atoms. The number of amides is 1. The molecule has 2 rings (SSSR count). The van der Waals surface area contributed by atoms with Gasteiger partial charge in [-0.2, -0.15) is 0 Å². The summed E-state index contributed by atoms with van der Waals surface area (Å²) in [5.41, 5.74) is 0.789. The van der Waals surface area contributed by atoms with Gasteiger partial charge in [-0.1, -0.05) is 37.8 Å². The Kier molecular flexibility index (Phi) is 6.52. The Morgan fingerprint density at radius 2 is 1.90 bits per heavy atom. The maximum Gasteiger partial charge on any atom is 0.238 e. The molecule has 21 heavy (non-hydrogen) atoms. The Labute approximate surface area is 132 Å². The molecular weight excluding hydrogens is 284 g/mol. The van der Waals surface area contributed by atoms with Crippen molar-refractivity contribution in [2.75, 3.05) is 11.9 Å². The first-order chi connectivity index (χ1) is 10.2. The van der Waals surface area contributed by atoms with Crippen molar-refractivity contribution in [1.82, 2.24) is 5.32 Å². The molecule has 1 aliphatic rings. The summed E-state index contributed by atoms with van der Waals surface area (Å²) in [4.78, 5) is 12.0. The fraction of sp³-hybridized carbons (Fsp3) is 0.588. The van der Waals surface area contributed by atoms with Crippen LogP contribution in [0.2, 0.25) is 5.02 Å². The average molecular weight is 309 g/mol. The maximum absolute atomic E-state index is 12.0. The molecule has 0 heterocycles. The standard InChI is InChI=1S/C17H25ClN2O/c1-2-16(13-6-4-3-5-7-13)19-12-17(21)20-15-10-8-14(18)9-11-15/h8-11,13,16,19H,2-7,12H2,1H3,(H,20,21). The molecule has 3 nitrogen and oxygen atoms in total. The zero-order chi connectivity index (χ0) is 15.1. The van der Waals surface area contributed by atoms with Gasteiger partial charge in [0.25, 0.3) is 0 Å². The van der Waals surface area contributed by atoms with Crippen LogP contribution in [0.3, 0.4) is 0 Å². The molecule has 116 valence electrons. The Morgan fingerprint density at radius 1 is 1.24 bits per heavy atom. The van der Waals surface area contributed by atoms with Gasteiger partial charge >= 0.3 is 0 Å². The molecule has 1 unspecified atom stereocenters. The van der Waals surface area contributed by atoms with E-state index in [9.17, 15) is 4.79 Å². The molecule has 1 amide bonds. The van der Waals surface area contributed by atoms with Crippen molar-refractivity contribution >= 4 is 23.2 Å². The smallest absolute Gasteiger partial charge is 0.238 e. The van der Waals surface area contributed by atoms with E-state index in [1.165, 1.54) is 32.1 Å². The van der Waals surface area contributed by atoms with Crippen LogP contribution < -0.4 is 10.6 Å². The van der Waals surface area contributed by atoms with Gasteiger partial charge in [0.2, 0.25) is 5.91 Å². The van der Waals surface area contributed by atoms with Crippen molar-refractivity contribution in [2.24, 2.45) is 5.92 Å². The summed E-state index contributed by atoms with van der Waals surface area (Å²) in [5, 5.41) is 7.00. The number of carbonyl (C=O) groups is 1. The van der Waals surface area contributed by atoms with Gasteiger partial charge in [-0.05, 0) is 49.4 Å². The summed E-state index contributed by atoms with van der Waals surface area (Å²) in [5.74, 6) is 0.735. The number of nitrogens with one attached hydrogen (secondary N) is 2. The molecule has 4 heteroatoms. The SMILES string of the molecule is CCC(NCC(=O)Nc1ccc(Cl)cc1)C1CCCCC1. The van der Waals surface area contributed by atoms with Crippen LogP contribution in [0.4, 0.5) is 5.69 Å². The molecular formula is C17H25ClN2O.